The lowest BCUT2D eigenvalue weighted by Crippen LogP contribution is -2.04. The van der Waals surface area contributed by atoms with E-state index in [-0.39, 0.29) is 0 Å². The standard InChI is InChI=1S/C6H8O3/c1-5(7)6(8)3-4-9-2/h3-4H,1-2H3/b4-3+. The first-order valence-electron chi connectivity index (χ1n) is 2.42. The molecule has 3 nitrogen and oxygen atoms in total. The Hall–Kier alpha value is -1.12. The molecule has 9 heavy (non-hydrogen) atoms. The predicted octanol–water partition coefficient (Wildman–Crippen LogP) is 0.305. The number of methoxy groups -OCH3 is 1. The maximum absolute atomic E-state index is 10.4. The van der Waals surface area contributed by atoms with Gasteiger partial charge in [-0.1, -0.05) is 0 Å². The quantitative estimate of drug-likeness (QED) is 0.312. The summed E-state index contributed by atoms with van der Waals surface area (Å²) < 4.78 is 4.41. The molecular formula is C6H8O3. The summed E-state index contributed by atoms with van der Waals surface area (Å²) in [5.74, 6) is -1.03. The highest BCUT2D eigenvalue weighted by atomic mass is 16.5. The largest absolute Gasteiger partial charge is 0.504 e. The lowest BCUT2D eigenvalue weighted by Gasteiger charge is -1.84. The molecule has 0 aromatic rings. The number of rotatable bonds is 3. The molecule has 0 aliphatic carbocycles. The number of hydrogen-bond donors (Lipinski definition) is 0. The second-order valence-electron chi connectivity index (χ2n) is 1.46. The molecule has 0 aromatic carbocycles. The molecule has 0 aliphatic heterocycles. The summed E-state index contributed by atoms with van der Waals surface area (Å²) in [7, 11) is 1.41. The molecule has 3 heteroatoms. The summed E-state index contributed by atoms with van der Waals surface area (Å²) in [5.41, 5.74) is 0. The Morgan fingerprint density at radius 2 is 2.00 bits per heavy atom. The van der Waals surface area contributed by atoms with E-state index >= 15 is 0 Å². The van der Waals surface area contributed by atoms with E-state index in [1.165, 1.54) is 20.3 Å². The molecule has 0 aliphatic rings. The van der Waals surface area contributed by atoms with Crippen LogP contribution in [-0.2, 0) is 14.3 Å². The monoisotopic (exact) mass is 128 g/mol. The summed E-state index contributed by atoms with van der Waals surface area (Å²) in [4.78, 5) is 20.6. The molecular weight excluding hydrogens is 120 g/mol. The highest BCUT2D eigenvalue weighted by molar-refractivity contribution is 6.40. The lowest BCUT2D eigenvalue weighted by molar-refractivity contribution is -0.132. The van der Waals surface area contributed by atoms with E-state index in [0.29, 0.717) is 0 Å². The van der Waals surface area contributed by atoms with Gasteiger partial charge in [0.1, 0.15) is 0 Å². The smallest absolute Gasteiger partial charge is 0.224 e. The minimum atomic E-state index is -0.545. The summed E-state index contributed by atoms with van der Waals surface area (Å²) >= 11 is 0. The van der Waals surface area contributed by atoms with Crippen LogP contribution in [0.1, 0.15) is 6.92 Å². The molecule has 0 radical (unpaired) electrons. The van der Waals surface area contributed by atoms with Gasteiger partial charge in [0.2, 0.25) is 5.78 Å². The zero-order valence-electron chi connectivity index (χ0n) is 5.38. The first kappa shape index (κ1) is 7.88. The van der Waals surface area contributed by atoms with Crippen LogP contribution in [0.25, 0.3) is 0 Å². The molecule has 0 heterocycles. The number of allylic oxidation sites excluding steroid dienone is 1. The second kappa shape index (κ2) is 3.83. The van der Waals surface area contributed by atoms with Gasteiger partial charge in [0, 0.05) is 13.0 Å². The van der Waals surface area contributed by atoms with Crippen LogP contribution in [-0.4, -0.2) is 18.7 Å². The van der Waals surface area contributed by atoms with Crippen LogP contribution in [0.5, 0.6) is 0 Å². The van der Waals surface area contributed by atoms with Gasteiger partial charge in [0.05, 0.1) is 13.4 Å². The molecule has 0 atom stereocenters. The van der Waals surface area contributed by atoms with Crippen molar-refractivity contribution in [3.63, 3.8) is 0 Å². The SMILES string of the molecule is CO/C=C/C(=O)C(C)=O. The van der Waals surface area contributed by atoms with Crippen LogP contribution in [0.3, 0.4) is 0 Å². The van der Waals surface area contributed by atoms with E-state index in [9.17, 15) is 9.59 Å². The predicted molar refractivity (Wildman–Crippen MR) is 31.8 cm³/mol. The fourth-order valence-corrected chi connectivity index (χ4v) is 0.247. The minimum absolute atomic E-state index is 0.483. The minimum Gasteiger partial charge on any atom is -0.504 e. The number of ether oxygens (including phenoxy) is 1. The van der Waals surface area contributed by atoms with E-state index in [4.69, 9.17) is 0 Å². The Labute approximate surface area is 53.3 Å². The third kappa shape index (κ3) is 3.46. The summed E-state index contributed by atoms with van der Waals surface area (Å²) in [6.45, 7) is 1.21. The van der Waals surface area contributed by atoms with Crippen LogP contribution < -0.4 is 0 Å². The van der Waals surface area contributed by atoms with E-state index in [1.807, 2.05) is 0 Å². The van der Waals surface area contributed by atoms with Gasteiger partial charge in [-0.25, -0.2) is 0 Å². The maximum atomic E-state index is 10.4. The van der Waals surface area contributed by atoms with Gasteiger partial charge >= 0.3 is 0 Å². The molecule has 0 N–H and O–H groups in total. The van der Waals surface area contributed by atoms with Gasteiger partial charge in [0.15, 0.2) is 5.78 Å². The molecule has 0 spiro atoms. The maximum Gasteiger partial charge on any atom is 0.224 e. The van der Waals surface area contributed by atoms with Crippen molar-refractivity contribution in [1.29, 1.82) is 0 Å². The van der Waals surface area contributed by atoms with Crippen molar-refractivity contribution in [2.45, 2.75) is 6.92 Å². The van der Waals surface area contributed by atoms with Crippen molar-refractivity contribution in [3.8, 4) is 0 Å². The number of carbonyl (C=O) groups excluding carboxylic acids is 2. The number of carbonyl (C=O) groups is 2. The van der Waals surface area contributed by atoms with Crippen molar-refractivity contribution in [1.82, 2.24) is 0 Å². The van der Waals surface area contributed by atoms with E-state index < -0.39 is 11.6 Å². The molecule has 0 rings (SSSR count). The molecule has 0 saturated carbocycles. The van der Waals surface area contributed by atoms with Crippen molar-refractivity contribution >= 4 is 11.6 Å². The van der Waals surface area contributed by atoms with Gasteiger partial charge in [-0.15, -0.1) is 0 Å². The van der Waals surface area contributed by atoms with Crippen LogP contribution in [0, 0.1) is 0 Å². The third-order valence-corrected chi connectivity index (χ3v) is 0.702. The Morgan fingerprint density at radius 3 is 2.33 bits per heavy atom. The highest BCUT2D eigenvalue weighted by Gasteiger charge is 2.00. The number of hydrogen-bond acceptors (Lipinski definition) is 3. The van der Waals surface area contributed by atoms with Gasteiger partial charge in [-0.2, -0.15) is 0 Å². The number of ketones is 2. The zero-order chi connectivity index (χ0) is 7.28. The number of Topliss-reactive ketones (excluding diaryl/α,β-unsaturated/α-hetero) is 1. The summed E-state index contributed by atoms with van der Waals surface area (Å²) in [6.07, 6.45) is 2.26. The first-order valence-corrected chi connectivity index (χ1v) is 2.42. The lowest BCUT2D eigenvalue weighted by atomic mass is 10.3. The van der Waals surface area contributed by atoms with Crippen molar-refractivity contribution in [2.24, 2.45) is 0 Å². The van der Waals surface area contributed by atoms with Crippen molar-refractivity contribution in [3.05, 3.63) is 12.3 Å². The third-order valence-electron chi connectivity index (χ3n) is 0.702. The van der Waals surface area contributed by atoms with E-state index in [0.717, 1.165) is 6.08 Å². The summed E-state index contributed by atoms with van der Waals surface area (Å²) in [5, 5.41) is 0. The fourth-order valence-electron chi connectivity index (χ4n) is 0.247. The Bertz CT molecular complexity index is 146. The van der Waals surface area contributed by atoms with Crippen LogP contribution in [0.4, 0.5) is 0 Å². The first-order chi connectivity index (χ1) is 4.18. The van der Waals surface area contributed by atoms with Gasteiger partial charge in [-0.3, -0.25) is 9.59 Å². The fraction of sp³-hybridized carbons (Fsp3) is 0.333. The van der Waals surface area contributed by atoms with Gasteiger partial charge < -0.3 is 4.74 Å². The molecule has 0 unspecified atom stereocenters. The average molecular weight is 128 g/mol. The Balaban J connectivity index is 3.77. The molecule has 0 aromatic heterocycles. The normalized spacial score (nSPS) is 9.56. The molecule has 0 fully saturated rings. The highest BCUT2D eigenvalue weighted by Crippen LogP contribution is 1.78. The Morgan fingerprint density at radius 1 is 1.44 bits per heavy atom. The molecule has 0 amide bonds. The van der Waals surface area contributed by atoms with E-state index in [1.54, 1.807) is 0 Å². The topological polar surface area (TPSA) is 43.4 Å². The Kier molecular flexibility index (Phi) is 3.35. The van der Waals surface area contributed by atoms with Crippen LogP contribution >= 0.6 is 0 Å². The average Bonchev–Trinajstić information content (AvgIpc) is 1.82. The molecule has 0 bridgehead atoms. The van der Waals surface area contributed by atoms with Crippen molar-refractivity contribution < 1.29 is 14.3 Å². The second-order valence-corrected chi connectivity index (χ2v) is 1.46. The van der Waals surface area contributed by atoms with Crippen LogP contribution in [0.15, 0.2) is 12.3 Å². The molecule has 0 saturated heterocycles. The zero-order valence-corrected chi connectivity index (χ0v) is 5.38. The van der Waals surface area contributed by atoms with Crippen molar-refractivity contribution in [2.75, 3.05) is 7.11 Å². The molecule has 50 valence electrons. The van der Waals surface area contributed by atoms with Crippen LogP contribution in [0.2, 0.25) is 0 Å². The van der Waals surface area contributed by atoms with E-state index in [2.05, 4.69) is 4.74 Å². The van der Waals surface area contributed by atoms with Gasteiger partial charge in [-0.05, 0) is 0 Å². The van der Waals surface area contributed by atoms with Gasteiger partial charge in [0.25, 0.3) is 0 Å². The summed E-state index contributed by atoms with van der Waals surface area (Å²) in [6, 6.07) is 0.